The third-order valence-electron chi connectivity index (χ3n) is 2.06. The number of aryl methyl sites for hydroxylation is 1. The van der Waals surface area contributed by atoms with Gasteiger partial charge in [-0.1, -0.05) is 23.8 Å². The van der Waals surface area contributed by atoms with Crippen LogP contribution in [0, 0.1) is 6.92 Å². The summed E-state index contributed by atoms with van der Waals surface area (Å²) in [6.45, 7) is 4.43. The number of hydrogen-bond donors (Lipinski definition) is 1. The average Bonchev–Trinajstić information content (AvgIpc) is 2.86. The Morgan fingerprint density at radius 2 is 2.35 bits per heavy atom. The number of H-pyrrole nitrogens is 1. The second-order valence-corrected chi connectivity index (χ2v) is 4.43. The molecule has 0 aliphatic carbocycles. The highest BCUT2D eigenvalue weighted by molar-refractivity contribution is 7.98. The minimum Gasteiger partial charge on any atom is -0.338 e. The monoisotopic (exact) mass is 255 g/mol. The SMILES string of the molecule is CCCn1c(SCc2nc(C)no2)n[nH]c1=O. The molecule has 0 atom stereocenters. The number of hydrogen-bond acceptors (Lipinski definition) is 6. The van der Waals surface area contributed by atoms with Crippen molar-refractivity contribution < 1.29 is 4.52 Å². The molecule has 0 spiro atoms. The second-order valence-electron chi connectivity index (χ2n) is 3.49. The molecule has 1 N–H and O–H groups in total. The van der Waals surface area contributed by atoms with Gasteiger partial charge in [-0.2, -0.15) is 4.98 Å². The van der Waals surface area contributed by atoms with Crippen molar-refractivity contribution in [1.29, 1.82) is 0 Å². The Bertz CT molecular complexity index is 544. The van der Waals surface area contributed by atoms with Gasteiger partial charge in [0.2, 0.25) is 5.89 Å². The summed E-state index contributed by atoms with van der Waals surface area (Å²) in [6.07, 6.45) is 0.882. The third kappa shape index (κ3) is 2.76. The zero-order valence-corrected chi connectivity index (χ0v) is 10.5. The van der Waals surface area contributed by atoms with Gasteiger partial charge in [0, 0.05) is 6.54 Å². The standard InChI is InChI=1S/C9H13N5O2S/c1-3-4-14-8(15)11-12-9(14)17-5-7-10-6(2)13-16-7/h3-5H2,1-2H3,(H,11,15). The molecule has 2 rings (SSSR count). The molecule has 92 valence electrons. The highest BCUT2D eigenvalue weighted by atomic mass is 32.2. The molecule has 2 heterocycles. The van der Waals surface area contributed by atoms with Crippen LogP contribution in [0.5, 0.6) is 0 Å². The van der Waals surface area contributed by atoms with E-state index in [2.05, 4.69) is 20.3 Å². The first-order valence-electron chi connectivity index (χ1n) is 5.28. The summed E-state index contributed by atoms with van der Waals surface area (Å²) < 4.78 is 6.59. The lowest BCUT2D eigenvalue weighted by atomic mass is 10.5. The number of rotatable bonds is 5. The van der Waals surface area contributed by atoms with Gasteiger partial charge in [-0.25, -0.2) is 9.89 Å². The van der Waals surface area contributed by atoms with Gasteiger partial charge >= 0.3 is 5.69 Å². The molecule has 0 saturated carbocycles. The smallest absolute Gasteiger partial charge is 0.338 e. The van der Waals surface area contributed by atoms with Crippen molar-refractivity contribution in [3.63, 3.8) is 0 Å². The molecule has 0 aliphatic heterocycles. The number of thioether (sulfide) groups is 1. The first-order valence-corrected chi connectivity index (χ1v) is 6.26. The van der Waals surface area contributed by atoms with E-state index in [9.17, 15) is 4.79 Å². The Morgan fingerprint density at radius 3 is 3.00 bits per heavy atom. The van der Waals surface area contributed by atoms with E-state index < -0.39 is 0 Å². The molecule has 0 aliphatic rings. The topological polar surface area (TPSA) is 89.6 Å². The van der Waals surface area contributed by atoms with Crippen molar-refractivity contribution in [1.82, 2.24) is 24.9 Å². The zero-order chi connectivity index (χ0) is 12.3. The normalized spacial score (nSPS) is 10.9. The van der Waals surface area contributed by atoms with Crippen molar-refractivity contribution in [3.05, 3.63) is 22.2 Å². The largest absolute Gasteiger partial charge is 0.343 e. The van der Waals surface area contributed by atoms with Crippen LogP contribution in [-0.2, 0) is 12.3 Å². The Labute approximate surface area is 102 Å². The van der Waals surface area contributed by atoms with Gasteiger partial charge in [0.15, 0.2) is 11.0 Å². The summed E-state index contributed by atoms with van der Waals surface area (Å²) in [7, 11) is 0. The van der Waals surface area contributed by atoms with Crippen molar-refractivity contribution in [2.24, 2.45) is 0 Å². The lowest BCUT2D eigenvalue weighted by Gasteiger charge is -2.00. The maximum Gasteiger partial charge on any atom is 0.343 e. The third-order valence-corrected chi connectivity index (χ3v) is 3.03. The van der Waals surface area contributed by atoms with E-state index in [0.29, 0.717) is 29.2 Å². The number of aromatic nitrogens is 5. The van der Waals surface area contributed by atoms with Gasteiger partial charge in [0.05, 0.1) is 5.75 Å². The van der Waals surface area contributed by atoms with Crippen LogP contribution < -0.4 is 5.69 Å². The molecule has 0 unspecified atom stereocenters. The molecule has 0 amide bonds. The molecule has 0 saturated heterocycles. The first-order chi connectivity index (χ1) is 8.20. The Hall–Kier alpha value is -1.57. The number of aromatic amines is 1. The lowest BCUT2D eigenvalue weighted by molar-refractivity contribution is 0.387. The van der Waals surface area contributed by atoms with Gasteiger partial charge in [-0.15, -0.1) is 5.10 Å². The van der Waals surface area contributed by atoms with E-state index in [1.54, 1.807) is 11.5 Å². The van der Waals surface area contributed by atoms with Crippen LogP contribution in [-0.4, -0.2) is 24.9 Å². The van der Waals surface area contributed by atoms with Crippen molar-refractivity contribution in [2.45, 2.75) is 37.7 Å². The molecular weight excluding hydrogens is 242 g/mol. The summed E-state index contributed by atoms with van der Waals surface area (Å²) in [5.41, 5.74) is -0.184. The van der Waals surface area contributed by atoms with Gasteiger partial charge in [0.1, 0.15) is 0 Å². The van der Waals surface area contributed by atoms with E-state index in [1.165, 1.54) is 11.8 Å². The van der Waals surface area contributed by atoms with E-state index in [4.69, 9.17) is 4.52 Å². The lowest BCUT2D eigenvalue weighted by Crippen LogP contribution is -2.17. The van der Waals surface area contributed by atoms with E-state index in [1.807, 2.05) is 6.92 Å². The van der Waals surface area contributed by atoms with E-state index >= 15 is 0 Å². The summed E-state index contributed by atoms with van der Waals surface area (Å²) in [5.74, 6) is 1.65. The van der Waals surface area contributed by atoms with Gasteiger partial charge in [-0.05, 0) is 13.3 Å². The summed E-state index contributed by atoms with van der Waals surface area (Å²) in [6, 6.07) is 0. The Kier molecular flexibility index (Phi) is 3.62. The van der Waals surface area contributed by atoms with E-state index in [-0.39, 0.29) is 5.69 Å². The molecule has 0 aromatic carbocycles. The van der Waals surface area contributed by atoms with Crippen LogP contribution in [0.25, 0.3) is 0 Å². The molecule has 8 heteroatoms. The number of nitrogens with one attached hydrogen (secondary N) is 1. The van der Waals surface area contributed by atoms with Gasteiger partial charge < -0.3 is 4.52 Å². The van der Waals surface area contributed by atoms with Crippen LogP contribution in [0.15, 0.2) is 14.5 Å². The number of nitrogens with zero attached hydrogens (tertiary/aromatic N) is 4. The maximum absolute atomic E-state index is 11.4. The van der Waals surface area contributed by atoms with Crippen LogP contribution >= 0.6 is 11.8 Å². The molecule has 0 fully saturated rings. The van der Waals surface area contributed by atoms with E-state index in [0.717, 1.165) is 6.42 Å². The summed E-state index contributed by atoms with van der Waals surface area (Å²) >= 11 is 1.40. The Morgan fingerprint density at radius 1 is 1.53 bits per heavy atom. The summed E-state index contributed by atoms with van der Waals surface area (Å²) in [4.78, 5) is 15.5. The highest BCUT2D eigenvalue weighted by Gasteiger charge is 2.10. The predicted molar refractivity (Wildman–Crippen MR) is 61.7 cm³/mol. The zero-order valence-electron chi connectivity index (χ0n) is 9.63. The van der Waals surface area contributed by atoms with Crippen LogP contribution in [0.1, 0.15) is 25.1 Å². The fourth-order valence-electron chi connectivity index (χ4n) is 1.36. The highest BCUT2D eigenvalue weighted by Crippen LogP contribution is 2.18. The minimum atomic E-state index is -0.184. The first kappa shape index (κ1) is 11.9. The molecule has 17 heavy (non-hydrogen) atoms. The predicted octanol–water partition coefficient (Wildman–Crippen LogP) is 0.965. The fraction of sp³-hybridized carbons (Fsp3) is 0.556. The fourth-order valence-corrected chi connectivity index (χ4v) is 2.17. The molecule has 7 nitrogen and oxygen atoms in total. The van der Waals surface area contributed by atoms with Crippen molar-refractivity contribution >= 4 is 11.8 Å². The van der Waals surface area contributed by atoms with Crippen molar-refractivity contribution in [2.75, 3.05) is 0 Å². The second kappa shape index (κ2) is 5.17. The average molecular weight is 255 g/mol. The van der Waals surface area contributed by atoms with Crippen LogP contribution in [0.3, 0.4) is 0 Å². The molecule has 2 aromatic heterocycles. The van der Waals surface area contributed by atoms with Crippen molar-refractivity contribution in [3.8, 4) is 0 Å². The summed E-state index contributed by atoms with van der Waals surface area (Å²) in [5, 5.41) is 10.7. The van der Waals surface area contributed by atoms with Crippen LogP contribution in [0.4, 0.5) is 0 Å². The van der Waals surface area contributed by atoms with Crippen LogP contribution in [0.2, 0.25) is 0 Å². The molecule has 2 aromatic rings. The molecule has 0 radical (unpaired) electrons. The minimum absolute atomic E-state index is 0.184. The van der Waals surface area contributed by atoms with Gasteiger partial charge in [0.25, 0.3) is 0 Å². The molecule has 0 bridgehead atoms. The van der Waals surface area contributed by atoms with Gasteiger partial charge in [-0.3, -0.25) is 4.57 Å². The Balaban J connectivity index is 2.06. The quantitative estimate of drug-likeness (QED) is 0.800. The maximum atomic E-state index is 11.4. The molecular formula is C9H13N5O2S.